The number of hydrogen-bond acceptors (Lipinski definition) is 6. The number of ether oxygens (including phenoxy) is 3. The molecule has 43 heavy (non-hydrogen) atoms. The van der Waals surface area contributed by atoms with Crippen LogP contribution in [0.4, 0.5) is 15.3 Å². The molecule has 4 aromatic rings. The second-order valence-corrected chi connectivity index (χ2v) is 10.9. The molecule has 2 amide bonds. The molecule has 2 aliphatic rings. The van der Waals surface area contributed by atoms with Crippen LogP contribution in [0, 0.1) is 0 Å². The topological polar surface area (TPSA) is 85.4 Å². The van der Waals surface area contributed by atoms with Gasteiger partial charge in [0.15, 0.2) is 0 Å². The van der Waals surface area contributed by atoms with Gasteiger partial charge in [-0.15, -0.1) is 0 Å². The zero-order valence-electron chi connectivity index (χ0n) is 23.8. The predicted octanol–water partition coefficient (Wildman–Crippen LogP) is 6.80. The van der Waals surface area contributed by atoms with Gasteiger partial charge >= 0.3 is 18.2 Å². The van der Waals surface area contributed by atoms with Crippen LogP contribution >= 0.6 is 0 Å². The van der Waals surface area contributed by atoms with Crippen molar-refractivity contribution in [3.8, 4) is 0 Å². The van der Waals surface area contributed by atoms with Crippen molar-refractivity contribution < 1.29 is 28.6 Å². The first-order valence-electron chi connectivity index (χ1n) is 14.3. The van der Waals surface area contributed by atoms with Crippen LogP contribution in [0.5, 0.6) is 0 Å². The van der Waals surface area contributed by atoms with E-state index in [1.165, 1.54) is 9.80 Å². The smallest absolute Gasteiger partial charge is 0.416 e. The Bertz CT molecular complexity index is 1600. The fraction of sp³-hybridized carbons (Fsp3) is 0.229. The van der Waals surface area contributed by atoms with Crippen molar-refractivity contribution in [1.82, 2.24) is 4.90 Å². The van der Waals surface area contributed by atoms with E-state index in [4.69, 9.17) is 14.2 Å². The van der Waals surface area contributed by atoms with Crippen molar-refractivity contribution in [3.05, 3.63) is 138 Å². The Morgan fingerprint density at radius 3 is 1.67 bits per heavy atom. The van der Waals surface area contributed by atoms with Gasteiger partial charge in [0.2, 0.25) is 0 Å². The van der Waals surface area contributed by atoms with Gasteiger partial charge in [-0.05, 0) is 41.7 Å². The lowest BCUT2D eigenvalue weighted by Crippen LogP contribution is -2.59. The average molecular weight is 577 g/mol. The minimum Gasteiger partial charge on any atom is -0.459 e. The van der Waals surface area contributed by atoms with E-state index in [2.05, 4.69) is 0 Å². The van der Waals surface area contributed by atoms with Gasteiger partial charge in [0.05, 0.1) is 5.69 Å². The summed E-state index contributed by atoms with van der Waals surface area (Å²) in [6, 6.07) is 35.5. The molecule has 218 valence electrons. The van der Waals surface area contributed by atoms with Crippen molar-refractivity contribution in [2.75, 3.05) is 4.90 Å². The fourth-order valence-corrected chi connectivity index (χ4v) is 5.99. The quantitative estimate of drug-likeness (QED) is 0.178. The Balaban J connectivity index is 1.32. The highest BCUT2D eigenvalue weighted by Crippen LogP contribution is 2.54. The number of anilines is 1. The third kappa shape index (κ3) is 5.56. The number of amides is 2. The molecule has 2 heterocycles. The molecule has 0 aliphatic carbocycles. The number of likely N-dealkylation sites (tertiary alicyclic amines) is 1. The molecule has 6 rings (SSSR count). The zero-order chi connectivity index (χ0) is 29.8. The molecule has 0 spiro atoms. The summed E-state index contributed by atoms with van der Waals surface area (Å²) in [7, 11) is 0. The van der Waals surface area contributed by atoms with Crippen LogP contribution in [0.3, 0.4) is 0 Å². The third-order valence-corrected chi connectivity index (χ3v) is 8.09. The van der Waals surface area contributed by atoms with Gasteiger partial charge in [-0.25, -0.2) is 14.4 Å². The van der Waals surface area contributed by atoms with Crippen LogP contribution in [0.15, 0.2) is 115 Å². The molecule has 0 aromatic heterocycles. The Labute approximate surface area is 250 Å². The molecule has 1 saturated heterocycles. The normalized spacial score (nSPS) is 20.2. The summed E-state index contributed by atoms with van der Waals surface area (Å²) in [6.45, 7) is 1.80. The summed E-state index contributed by atoms with van der Waals surface area (Å²) >= 11 is 0. The van der Waals surface area contributed by atoms with E-state index in [1.807, 2.05) is 115 Å². The van der Waals surface area contributed by atoms with Gasteiger partial charge in [0, 0.05) is 5.92 Å². The summed E-state index contributed by atoms with van der Waals surface area (Å²) in [4.78, 5) is 44.4. The lowest BCUT2D eigenvalue weighted by molar-refractivity contribution is -0.157. The fourth-order valence-electron chi connectivity index (χ4n) is 5.99. The monoisotopic (exact) mass is 576 g/mol. The van der Waals surface area contributed by atoms with Crippen molar-refractivity contribution in [2.45, 2.75) is 50.8 Å². The van der Waals surface area contributed by atoms with E-state index >= 15 is 0 Å². The van der Waals surface area contributed by atoms with Gasteiger partial charge in [-0.3, -0.25) is 9.80 Å². The Kier molecular flexibility index (Phi) is 7.83. The van der Waals surface area contributed by atoms with E-state index < -0.39 is 29.9 Å². The SMILES string of the molecule is C[C@]1(C(=O)OCc2ccccc2)C[C@H]2c3ccccc3N(C(=O)OCc3ccccc3)[C@H]2N1C(=O)OCc1ccccc1. The first-order chi connectivity index (χ1) is 21.0. The highest BCUT2D eigenvalue weighted by atomic mass is 16.6. The van der Waals surface area contributed by atoms with Gasteiger partial charge in [0.25, 0.3) is 0 Å². The van der Waals surface area contributed by atoms with Crippen molar-refractivity contribution in [3.63, 3.8) is 0 Å². The maximum Gasteiger partial charge on any atom is 0.416 e. The molecule has 4 aromatic carbocycles. The predicted molar refractivity (Wildman–Crippen MR) is 160 cm³/mol. The summed E-state index contributed by atoms with van der Waals surface area (Å²) in [5, 5.41) is 0. The van der Waals surface area contributed by atoms with Crippen molar-refractivity contribution in [2.24, 2.45) is 0 Å². The van der Waals surface area contributed by atoms with E-state index in [0.29, 0.717) is 5.69 Å². The first kappa shape index (κ1) is 28.0. The average Bonchev–Trinajstić information content (AvgIpc) is 3.53. The Morgan fingerprint density at radius 1 is 0.651 bits per heavy atom. The molecule has 0 saturated carbocycles. The Morgan fingerprint density at radius 2 is 1.12 bits per heavy atom. The molecule has 8 heteroatoms. The number of carbonyl (C=O) groups is 3. The zero-order valence-corrected chi connectivity index (χ0v) is 23.8. The number of para-hydroxylation sites is 1. The Hall–Kier alpha value is -5.11. The standard InChI is InChI=1S/C35H32N2O6/c1-35(32(38)41-22-25-13-5-2-6-14-25)21-29-28-19-11-12-20-30(28)36(33(39)42-23-26-15-7-3-8-16-26)31(29)37(35)34(40)43-24-27-17-9-4-10-18-27/h2-20,29,31H,21-24H2,1H3/t29-,31-,35+/m0/s1. The second-order valence-electron chi connectivity index (χ2n) is 10.9. The van der Waals surface area contributed by atoms with Crippen LogP contribution in [-0.2, 0) is 38.8 Å². The maximum absolute atomic E-state index is 14.0. The number of esters is 1. The minimum atomic E-state index is -1.41. The third-order valence-electron chi connectivity index (χ3n) is 8.09. The van der Waals surface area contributed by atoms with Crippen molar-refractivity contribution in [1.29, 1.82) is 0 Å². The number of carbonyl (C=O) groups excluding carboxylic acids is 3. The van der Waals surface area contributed by atoms with E-state index in [0.717, 1.165) is 22.3 Å². The van der Waals surface area contributed by atoms with Crippen LogP contribution in [0.25, 0.3) is 0 Å². The van der Waals surface area contributed by atoms with Gasteiger partial charge in [-0.1, -0.05) is 109 Å². The maximum atomic E-state index is 14.0. The van der Waals surface area contributed by atoms with Crippen LogP contribution in [0.2, 0.25) is 0 Å². The largest absolute Gasteiger partial charge is 0.459 e. The highest BCUT2D eigenvalue weighted by molar-refractivity contribution is 5.95. The molecule has 1 fully saturated rings. The van der Waals surface area contributed by atoms with Crippen LogP contribution in [0.1, 0.15) is 41.5 Å². The summed E-state index contributed by atoms with van der Waals surface area (Å²) < 4.78 is 17.3. The first-order valence-corrected chi connectivity index (χ1v) is 14.3. The van der Waals surface area contributed by atoms with E-state index in [1.54, 1.807) is 6.92 Å². The molecule has 0 radical (unpaired) electrons. The molecular weight excluding hydrogens is 544 g/mol. The second kappa shape index (κ2) is 12.0. The molecule has 0 N–H and O–H groups in total. The van der Waals surface area contributed by atoms with Gasteiger partial charge in [-0.2, -0.15) is 0 Å². The minimum absolute atomic E-state index is 0.00804. The number of nitrogens with zero attached hydrogens (tertiary/aromatic N) is 2. The molecule has 3 atom stereocenters. The van der Waals surface area contributed by atoms with E-state index in [-0.39, 0.29) is 32.2 Å². The van der Waals surface area contributed by atoms with Gasteiger partial charge in [0.1, 0.15) is 31.5 Å². The lowest BCUT2D eigenvalue weighted by Gasteiger charge is -2.38. The van der Waals surface area contributed by atoms with Gasteiger partial charge < -0.3 is 14.2 Å². The number of fused-ring (bicyclic) bond motifs is 3. The number of benzene rings is 4. The molecule has 0 unspecified atom stereocenters. The lowest BCUT2D eigenvalue weighted by atomic mass is 9.90. The number of hydrogen-bond donors (Lipinski definition) is 0. The summed E-state index contributed by atoms with van der Waals surface area (Å²) in [5.41, 5.74) is 2.53. The van der Waals surface area contributed by atoms with E-state index in [9.17, 15) is 14.4 Å². The molecule has 8 nitrogen and oxygen atoms in total. The summed E-state index contributed by atoms with van der Waals surface area (Å²) in [6.07, 6.45) is -1.94. The van der Waals surface area contributed by atoms with Crippen LogP contribution < -0.4 is 4.90 Å². The molecule has 0 bridgehead atoms. The van der Waals surface area contributed by atoms with Crippen molar-refractivity contribution >= 4 is 23.8 Å². The highest BCUT2D eigenvalue weighted by Gasteiger charge is 2.63. The van der Waals surface area contributed by atoms with Crippen LogP contribution in [-0.4, -0.2) is 34.8 Å². The summed E-state index contributed by atoms with van der Waals surface area (Å²) in [5.74, 6) is -0.934. The molecular formula is C35H32N2O6. The number of rotatable bonds is 7. The molecule has 2 aliphatic heterocycles.